The van der Waals surface area contributed by atoms with Crippen molar-refractivity contribution in [3.63, 3.8) is 0 Å². The van der Waals surface area contributed by atoms with Gasteiger partial charge >= 0.3 is 11.8 Å². The molecular weight excluding hydrogens is 272 g/mol. The Labute approximate surface area is 124 Å². The summed E-state index contributed by atoms with van der Waals surface area (Å²) in [4.78, 5) is 25.2. The molecule has 1 aromatic carbocycles. The molecule has 0 spiro atoms. The van der Waals surface area contributed by atoms with Crippen LogP contribution in [-0.2, 0) is 20.7 Å². The molecule has 0 aliphatic carbocycles. The Balaban J connectivity index is 1.76. The van der Waals surface area contributed by atoms with Gasteiger partial charge in [-0.05, 0) is 24.1 Å². The van der Waals surface area contributed by atoms with Crippen LogP contribution in [0.5, 0.6) is 5.75 Å². The fraction of sp³-hybridized carbons (Fsp3) is 0.467. The van der Waals surface area contributed by atoms with Crippen LogP contribution in [0.1, 0.15) is 5.56 Å². The molecule has 6 heteroatoms. The van der Waals surface area contributed by atoms with Crippen LogP contribution in [0.15, 0.2) is 24.3 Å². The lowest BCUT2D eigenvalue weighted by molar-refractivity contribution is -0.148. The van der Waals surface area contributed by atoms with E-state index in [4.69, 9.17) is 9.47 Å². The van der Waals surface area contributed by atoms with E-state index in [1.165, 1.54) is 4.90 Å². The molecule has 1 aromatic rings. The van der Waals surface area contributed by atoms with Crippen molar-refractivity contribution in [3.05, 3.63) is 29.8 Å². The van der Waals surface area contributed by atoms with Gasteiger partial charge in [0.25, 0.3) is 0 Å². The van der Waals surface area contributed by atoms with E-state index in [1.807, 2.05) is 24.3 Å². The topological polar surface area (TPSA) is 67.9 Å². The van der Waals surface area contributed by atoms with Gasteiger partial charge in [0, 0.05) is 19.6 Å². The summed E-state index contributed by atoms with van der Waals surface area (Å²) < 4.78 is 10.3. The first-order valence-corrected chi connectivity index (χ1v) is 6.98. The highest BCUT2D eigenvalue weighted by Crippen LogP contribution is 2.12. The van der Waals surface area contributed by atoms with Crippen molar-refractivity contribution in [2.45, 2.75) is 6.42 Å². The van der Waals surface area contributed by atoms with Crippen molar-refractivity contribution in [1.82, 2.24) is 10.2 Å². The maximum absolute atomic E-state index is 11.9. The zero-order chi connectivity index (χ0) is 15.1. The number of amides is 2. The summed E-state index contributed by atoms with van der Waals surface area (Å²) in [6.07, 6.45) is 0.652. The fourth-order valence-electron chi connectivity index (χ4n) is 2.13. The number of rotatable bonds is 4. The van der Waals surface area contributed by atoms with Crippen molar-refractivity contribution in [2.24, 2.45) is 0 Å². The van der Waals surface area contributed by atoms with E-state index < -0.39 is 11.8 Å². The zero-order valence-electron chi connectivity index (χ0n) is 12.1. The summed E-state index contributed by atoms with van der Waals surface area (Å²) >= 11 is 0. The Morgan fingerprint density at radius 1 is 1.33 bits per heavy atom. The van der Waals surface area contributed by atoms with Crippen LogP contribution in [0.2, 0.25) is 0 Å². The molecule has 0 aromatic heterocycles. The molecule has 1 N–H and O–H groups in total. The first-order valence-electron chi connectivity index (χ1n) is 6.98. The van der Waals surface area contributed by atoms with Gasteiger partial charge in [-0.3, -0.25) is 9.59 Å². The molecule has 21 heavy (non-hydrogen) atoms. The van der Waals surface area contributed by atoms with E-state index in [-0.39, 0.29) is 0 Å². The Hall–Kier alpha value is -2.08. The number of methoxy groups -OCH3 is 1. The molecule has 0 bridgehead atoms. The Kier molecular flexibility index (Phi) is 5.57. The maximum Gasteiger partial charge on any atom is 0.312 e. The molecule has 1 saturated heterocycles. The smallest absolute Gasteiger partial charge is 0.312 e. The summed E-state index contributed by atoms with van der Waals surface area (Å²) in [5.74, 6) is -0.257. The lowest BCUT2D eigenvalue weighted by Gasteiger charge is -2.26. The number of ether oxygens (including phenoxy) is 2. The van der Waals surface area contributed by atoms with Gasteiger partial charge in [0.05, 0.1) is 20.3 Å². The van der Waals surface area contributed by atoms with E-state index in [0.717, 1.165) is 11.3 Å². The van der Waals surface area contributed by atoms with E-state index in [2.05, 4.69) is 5.32 Å². The second-order valence-corrected chi connectivity index (χ2v) is 4.76. The molecule has 0 unspecified atom stereocenters. The number of benzene rings is 1. The lowest BCUT2D eigenvalue weighted by atomic mass is 10.1. The van der Waals surface area contributed by atoms with Crippen LogP contribution in [0, 0.1) is 0 Å². The molecule has 114 valence electrons. The largest absolute Gasteiger partial charge is 0.497 e. The van der Waals surface area contributed by atoms with Gasteiger partial charge in [-0.1, -0.05) is 12.1 Å². The Morgan fingerprint density at radius 3 is 2.81 bits per heavy atom. The number of hydrogen-bond acceptors (Lipinski definition) is 4. The van der Waals surface area contributed by atoms with E-state index in [9.17, 15) is 9.59 Å². The first-order chi connectivity index (χ1) is 10.2. The monoisotopic (exact) mass is 292 g/mol. The van der Waals surface area contributed by atoms with Crippen molar-refractivity contribution in [2.75, 3.05) is 40.0 Å². The highest BCUT2D eigenvalue weighted by atomic mass is 16.5. The molecule has 6 nitrogen and oxygen atoms in total. The van der Waals surface area contributed by atoms with Crippen LogP contribution < -0.4 is 10.1 Å². The van der Waals surface area contributed by atoms with Gasteiger partial charge < -0.3 is 19.7 Å². The quantitative estimate of drug-likeness (QED) is 0.806. The molecule has 1 aliphatic rings. The number of nitrogens with one attached hydrogen (secondary N) is 1. The number of carbonyl (C=O) groups is 2. The third kappa shape index (κ3) is 4.46. The standard InChI is InChI=1S/C15H20N2O4/c1-20-13-4-2-3-12(11-13)5-6-16-14(18)15(19)17-7-9-21-10-8-17/h2-4,11H,5-10H2,1H3,(H,16,18). The molecule has 1 fully saturated rings. The normalized spacial score (nSPS) is 14.6. The molecule has 1 heterocycles. The van der Waals surface area contributed by atoms with E-state index >= 15 is 0 Å². The van der Waals surface area contributed by atoms with Crippen LogP contribution >= 0.6 is 0 Å². The average molecular weight is 292 g/mol. The fourth-order valence-corrected chi connectivity index (χ4v) is 2.13. The molecule has 2 amide bonds. The van der Waals surface area contributed by atoms with E-state index in [1.54, 1.807) is 7.11 Å². The zero-order valence-corrected chi connectivity index (χ0v) is 12.1. The third-order valence-electron chi connectivity index (χ3n) is 3.33. The summed E-state index contributed by atoms with van der Waals surface area (Å²) in [7, 11) is 1.61. The van der Waals surface area contributed by atoms with Crippen LogP contribution in [-0.4, -0.2) is 56.7 Å². The molecule has 2 rings (SSSR count). The molecule has 0 saturated carbocycles. The van der Waals surface area contributed by atoms with Gasteiger partial charge in [0.1, 0.15) is 5.75 Å². The average Bonchev–Trinajstić information content (AvgIpc) is 2.55. The van der Waals surface area contributed by atoms with Crippen molar-refractivity contribution < 1.29 is 19.1 Å². The van der Waals surface area contributed by atoms with Crippen molar-refractivity contribution in [1.29, 1.82) is 0 Å². The van der Waals surface area contributed by atoms with E-state index in [0.29, 0.717) is 39.3 Å². The van der Waals surface area contributed by atoms with Gasteiger partial charge in [-0.25, -0.2) is 0 Å². The van der Waals surface area contributed by atoms with Gasteiger partial charge in [0.2, 0.25) is 0 Å². The summed E-state index contributed by atoms with van der Waals surface area (Å²) in [5.41, 5.74) is 1.05. The van der Waals surface area contributed by atoms with Crippen LogP contribution in [0.3, 0.4) is 0 Å². The molecule has 1 aliphatic heterocycles. The molecule has 0 atom stereocenters. The highest BCUT2D eigenvalue weighted by molar-refractivity contribution is 6.35. The minimum atomic E-state index is -0.556. The van der Waals surface area contributed by atoms with Crippen LogP contribution in [0.25, 0.3) is 0 Å². The predicted molar refractivity (Wildman–Crippen MR) is 77.1 cm³/mol. The number of carbonyl (C=O) groups excluding carboxylic acids is 2. The Bertz CT molecular complexity index is 498. The van der Waals surface area contributed by atoms with Gasteiger partial charge in [-0.2, -0.15) is 0 Å². The van der Waals surface area contributed by atoms with Crippen LogP contribution in [0.4, 0.5) is 0 Å². The van der Waals surface area contributed by atoms with Gasteiger partial charge in [0.15, 0.2) is 0 Å². The minimum absolute atomic E-state index is 0.419. The SMILES string of the molecule is COc1cccc(CCNC(=O)C(=O)N2CCOCC2)c1. The second-order valence-electron chi connectivity index (χ2n) is 4.76. The molecular formula is C15H20N2O4. The van der Waals surface area contributed by atoms with Crippen molar-refractivity contribution >= 4 is 11.8 Å². The summed E-state index contributed by atoms with van der Waals surface area (Å²) in [6, 6.07) is 7.63. The molecule has 0 radical (unpaired) electrons. The Morgan fingerprint density at radius 2 is 2.10 bits per heavy atom. The first kappa shape index (κ1) is 15.3. The van der Waals surface area contributed by atoms with Crippen molar-refractivity contribution in [3.8, 4) is 5.75 Å². The summed E-state index contributed by atoms with van der Waals surface area (Å²) in [5, 5.41) is 2.65. The summed E-state index contributed by atoms with van der Waals surface area (Å²) in [6.45, 7) is 2.35. The predicted octanol–water partition coefficient (Wildman–Crippen LogP) is 0.213. The highest BCUT2D eigenvalue weighted by Gasteiger charge is 2.22. The maximum atomic E-state index is 11.9. The minimum Gasteiger partial charge on any atom is -0.497 e. The second kappa shape index (κ2) is 7.64. The third-order valence-corrected chi connectivity index (χ3v) is 3.33. The number of morpholine rings is 1. The number of nitrogens with zero attached hydrogens (tertiary/aromatic N) is 1. The lowest BCUT2D eigenvalue weighted by Crippen LogP contribution is -2.48. The van der Waals surface area contributed by atoms with Gasteiger partial charge in [-0.15, -0.1) is 0 Å². The number of hydrogen-bond donors (Lipinski definition) is 1.